The molecule has 2 aliphatic heterocycles. The van der Waals surface area contributed by atoms with E-state index in [1.54, 1.807) is 0 Å². The lowest BCUT2D eigenvalue weighted by atomic mass is 9.92. The van der Waals surface area contributed by atoms with Gasteiger partial charge in [0.05, 0.1) is 6.61 Å². The van der Waals surface area contributed by atoms with Crippen LogP contribution in [0.5, 0.6) is 28.7 Å². The monoisotopic (exact) mass is 436 g/mol. The summed E-state index contributed by atoms with van der Waals surface area (Å²) in [7, 11) is 0. The van der Waals surface area contributed by atoms with Crippen LogP contribution in [0, 0.1) is 0 Å². The molecule has 0 radical (unpaired) electrons. The first-order valence-corrected chi connectivity index (χ1v) is 9.27. The first-order chi connectivity index (χ1) is 14.7. The third kappa shape index (κ3) is 3.73. The highest BCUT2D eigenvalue weighted by molar-refractivity contribution is 6.05. The summed E-state index contributed by atoms with van der Waals surface area (Å²) in [5.74, 6) is -2.78. The van der Waals surface area contributed by atoms with Crippen molar-refractivity contribution in [3.8, 4) is 28.7 Å². The first-order valence-electron chi connectivity index (χ1n) is 9.27. The second-order valence-corrected chi connectivity index (χ2v) is 7.30. The van der Waals surface area contributed by atoms with Crippen molar-refractivity contribution in [2.45, 2.75) is 36.8 Å². The maximum absolute atomic E-state index is 13.2. The highest BCUT2D eigenvalue weighted by Gasteiger charge is 2.46. The van der Waals surface area contributed by atoms with E-state index in [-0.39, 0.29) is 29.2 Å². The molecule has 0 spiro atoms. The van der Waals surface area contributed by atoms with Crippen LogP contribution < -0.4 is 4.74 Å². The van der Waals surface area contributed by atoms with E-state index in [2.05, 4.69) is 0 Å². The Morgan fingerprint density at radius 1 is 0.903 bits per heavy atom. The molecule has 6 atom stereocenters. The molecule has 0 aliphatic carbocycles. The number of Topliss-reactive ketones (excluding diaryl/α,β-unsaturated/α-hetero) is 1. The number of rotatable bonds is 3. The van der Waals surface area contributed by atoms with Crippen LogP contribution in [0.1, 0.15) is 22.0 Å². The number of fused-ring (bicyclic) bond motifs is 1. The van der Waals surface area contributed by atoms with Crippen LogP contribution >= 0.6 is 0 Å². The van der Waals surface area contributed by atoms with Crippen LogP contribution in [-0.4, -0.2) is 78.8 Å². The minimum Gasteiger partial charge on any atom is -0.508 e. The standard InChI is InChI=1S/C20H20O11/c21-8-4-11(24)14-13(5-8)30-18(7-1-2-9(22)10(23)3-7)19(16(14)27)31-20-17(28)15(26)12(25)6-29-20/h1-5,12,15,17-26,28H,6H2/t12-,15+,17+,18+,19-,20+/m1/s1. The average Bonchev–Trinajstić information content (AvgIpc) is 2.71. The van der Waals surface area contributed by atoms with E-state index in [1.165, 1.54) is 6.07 Å². The quantitative estimate of drug-likeness (QED) is 0.312. The third-order valence-corrected chi connectivity index (χ3v) is 5.16. The van der Waals surface area contributed by atoms with Gasteiger partial charge in [0.25, 0.3) is 0 Å². The molecule has 4 rings (SSSR count). The minimum absolute atomic E-state index is 0.152. The van der Waals surface area contributed by atoms with Crippen molar-refractivity contribution in [2.75, 3.05) is 6.61 Å². The summed E-state index contributed by atoms with van der Waals surface area (Å²) in [6.45, 7) is -0.370. The van der Waals surface area contributed by atoms with E-state index >= 15 is 0 Å². The Balaban J connectivity index is 1.74. The van der Waals surface area contributed by atoms with Gasteiger partial charge in [-0.15, -0.1) is 0 Å². The van der Waals surface area contributed by atoms with Crippen LogP contribution in [0.4, 0.5) is 0 Å². The second-order valence-electron chi connectivity index (χ2n) is 7.30. The lowest BCUT2D eigenvalue weighted by Gasteiger charge is -2.39. The molecule has 0 bridgehead atoms. The van der Waals surface area contributed by atoms with Gasteiger partial charge < -0.3 is 50.0 Å². The summed E-state index contributed by atoms with van der Waals surface area (Å²) in [6, 6.07) is 5.71. The minimum atomic E-state index is -1.69. The van der Waals surface area contributed by atoms with Crippen molar-refractivity contribution in [2.24, 2.45) is 0 Å². The van der Waals surface area contributed by atoms with Crippen molar-refractivity contribution < 1.29 is 54.8 Å². The van der Waals surface area contributed by atoms with Gasteiger partial charge in [-0.05, 0) is 17.7 Å². The fraction of sp³-hybridized carbons (Fsp3) is 0.350. The molecule has 31 heavy (non-hydrogen) atoms. The smallest absolute Gasteiger partial charge is 0.203 e. The van der Waals surface area contributed by atoms with Crippen molar-refractivity contribution in [1.29, 1.82) is 0 Å². The van der Waals surface area contributed by atoms with Gasteiger partial charge in [-0.25, -0.2) is 0 Å². The van der Waals surface area contributed by atoms with Gasteiger partial charge in [-0.1, -0.05) is 6.07 Å². The molecule has 0 amide bonds. The molecule has 1 saturated heterocycles. The number of hydrogen-bond donors (Lipinski definition) is 7. The maximum Gasteiger partial charge on any atom is 0.203 e. The molecule has 2 aliphatic rings. The molecule has 1 fully saturated rings. The maximum atomic E-state index is 13.2. The van der Waals surface area contributed by atoms with E-state index in [0.29, 0.717) is 0 Å². The summed E-state index contributed by atoms with van der Waals surface area (Å²) in [5.41, 5.74) is -0.0963. The summed E-state index contributed by atoms with van der Waals surface area (Å²) in [5, 5.41) is 69.0. The van der Waals surface area contributed by atoms with Crippen LogP contribution in [0.2, 0.25) is 0 Å². The molecule has 166 valence electrons. The number of aliphatic hydroxyl groups excluding tert-OH is 3. The number of aromatic hydroxyl groups is 4. The van der Waals surface area contributed by atoms with Gasteiger partial charge in [-0.2, -0.15) is 0 Å². The molecule has 2 aromatic carbocycles. The molecule has 0 aromatic heterocycles. The zero-order chi connectivity index (χ0) is 22.4. The number of ether oxygens (including phenoxy) is 3. The number of aliphatic hydroxyl groups is 3. The van der Waals surface area contributed by atoms with Crippen LogP contribution in [0.3, 0.4) is 0 Å². The first kappa shape index (κ1) is 21.2. The number of benzene rings is 2. The molecule has 2 aromatic rings. The highest BCUT2D eigenvalue weighted by atomic mass is 16.7. The second kappa shape index (κ2) is 7.87. The van der Waals surface area contributed by atoms with Crippen molar-refractivity contribution >= 4 is 5.78 Å². The molecule has 0 unspecified atom stereocenters. The normalized spacial score (nSPS) is 30.5. The molecule has 11 heteroatoms. The fourth-order valence-electron chi connectivity index (χ4n) is 3.54. The number of carbonyl (C=O) groups is 1. The summed E-state index contributed by atoms with van der Waals surface area (Å²) >= 11 is 0. The van der Waals surface area contributed by atoms with E-state index in [1.807, 2.05) is 0 Å². The summed E-state index contributed by atoms with van der Waals surface area (Å²) < 4.78 is 16.6. The molecule has 2 heterocycles. The predicted molar refractivity (Wildman–Crippen MR) is 99.9 cm³/mol. The van der Waals surface area contributed by atoms with Crippen molar-refractivity contribution in [1.82, 2.24) is 0 Å². The Hall–Kier alpha value is -3.09. The van der Waals surface area contributed by atoms with Crippen LogP contribution in [-0.2, 0) is 9.47 Å². The highest BCUT2D eigenvalue weighted by Crippen LogP contribution is 2.44. The predicted octanol–water partition coefficient (Wildman–Crippen LogP) is -0.350. The largest absolute Gasteiger partial charge is 0.508 e. The van der Waals surface area contributed by atoms with Crippen molar-refractivity contribution in [3.63, 3.8) is 0 Å². The SMILES string of the molecule is O=C1c2c(O)cc(O)cc2O[C@@H](c2ccc(O)c(O)c2)[C@@H]1O[C@@H]1OC[C@@H](O)[C@H](O)[C@@H]1O. The van der Waals surface area contributed by atoms with E-state index < -0.39 is 59.8 Å². The van der Waals surface area contributed by atoms with Gasteiger partial charge >= 0.3 is 0 Å². The molecule has 7 N–H and O–H groups in total. The number of phenols is 4. The number of ketones is 1. The molecule has 11 nitrogen and oxygen atoms in total. The lowest BCUT2D eigenvalue weighted by molar-refractivity contribution is -0.283. The zero-order valence-electron chi connectivity index (χ0n) is 15.8. The Morgan fingerprint density at radius 2 is 1.65 bits per heavy atom. The van der Waals surface area contributed by atoms with E-state index in [4.69, 9.17) is 14.2 Å². The third-order valence-electron chi connectivity index (χ3n) is 5.16. The topological polar surface area (TPSA) is 186 Å². The molecule has 0 saturated carbocycles. The van der Waals surface area contributed by atoms with E-state index in [0.717, 1.165) is 24.3 Å². The van der Waals surface area contributed by atoms with Gasteiger partial charge in [0.15, 0.2) is 30.0 Å². The summed E-state index contributed by atoms with van der Waals surface area (Å²) in [6.07, 6.45) is -8.95. The number of phenolic OH excluding ortho intramolecular Hbond substituents is 4. The summed E-state index contributed by atoms with van der Waals surface area (Å²) in [4.78, 5) is 13.2. The van der Waals surface area contributed by atoms with E-state index in [9.17, 15) is 40.5 Å². The Kier molecular flexibility index (Phi) is 5.37. The van der Waals surface area contributed by atoms with Crippen molar-refractivity contribution in [3.05, 3.63) is 41.5 Å². The Morgan fingerprint density at radius 3 is 2.35 bits per heavy atom. The van der Waals surface area contributed by atoms with Gasteiger partial charge in [-0.3, -0.25) is 4.79 Å². The molecular formula is C20H20O11. The zero-order valence-corrected chi connectivity index (χ0v) is 15.8. The van der Waals surface area contributed by atoms with Gasteiger partial charge in [0, 0.05) is 12.1 Å². The Bertz CT molecular complexity index is 1010. The lowest BCUT2D eigenvalue weighted by Crippen LogP contribution is -2.56. The molecular weight excluding hydrogens is 416 g/mol. The van der Waals surface area contributed by atoms with Gasteiger partial charge in [0.1, 0.15) is 41.1 Å². The number of carbonyl (C=O) groups excluding carboxylic acids is 1. The van der Waals surface area contributed by atoms with Gasteiger partial charge in [0.2, 0.25) is 5.78 Å². The Labute approximate surface area is 174 Å². The average molecular weight is 436 g/mol. The fourth-order valence-corrected chi connectivity index (χ4v) is 3.54. The van der Waals surface area contributed by atoms with Crippen LogP contribution in [0.25, 0.3) is 0 Å². The number of hydrogen-bond acceptors (Lipinski definition) is 11. The van der Waals surface area contributed by atoms with Crippen LogP contribution in [0.15, 0.2) is 30.3 Å².